The van der Waals surface area contributed by atoms with Gasteiger partial charge in [0.25, 0.3) is 0 Å². The molecule has 2 aromatic heterocycles. The fraction of sp³-hybridized carbons (Fsp3) is 0.211. The van der Waals surface area contributed by atoms with Crippen LogP contribution in [0, 0.1) is 0 Å². The van der Waals surface area contributed by atoms with Gasteiger partial charge in [0, 0.05) is 6.07 Å². The lowest BCUT2D eigenvalue weighted by Gasteiger charge is -2.18. The third-order valence-corrected chi connectivity index (χ3v) is 6.24. The molecule has 0 bridgehead atoms. The van der Waals surface area contributed by atoms with E-state index in [1.54, 1.807) is 11.8 Å². The zero-order chi connectivity index (χ0) is 21.2. The second kappa shape index (κ2) is 8.40. The van der Waals surface area contributed by atoms with E-state index in [0.717, 1.165) is 21.7 Å². The van der Waals surface area contributed by atoms with Crippen molar-refractivity contribution < 1.29 is 19.0 Å². The fourth-order valence-electron chi connectivity index (χ4n) is 2.97. The van der Waals surface area contributed by atoms with Gasteiger partial charge < -0.3 is 19.5 Å². The number of amides is 1. The third-order valence-electron chi connectivity index (χ3n) is 4.39. The Hall–Kier alpha value is -3.38. The van der Waals surface area contributed by atoms with E-state index in [0.29, 0.717) is 35.0 Å². The van der Waals surface area contributed by atoms with Gasteiger partial charge in [0.2, 0.25) is 11.1 Å². The van der Waals surface area contributed by atoms with E-state index in [4.69, 9.17) is 14.2 Å². The van der Waals surface area contributed by atoms with Gasteiger partial charge in [0.1, 0.15) is 19.0 Å². The normalized spacial score (nSPS) is 12.7. The van der Waals surface area contributed by atoms with Crippen LogP contribution in [0.2, 0.25) is 0 Å². The van der Waals surface area contributed by atoms with Gasteiger partial charge in [0.15, 0.2) is 16.6 Å². The smallest absolute Gasteiger partial charge is 0.236 e. The Bertz CT molecular complexity index is 1260. The molecule has 0 saturated carbocycles. The lowest BCUT2D eigenvalue weighted by molar-refractivity contribution is -0.113. The van der Waals surface area contributed by atoms with E-state index in [-0.39, 0.29) is 11.7 Å². The summed E-state index contributed by atoms with van der Waals surface area (Å²) in [5, 5.41) is 15.6. The Morgan fingerprint density at radius 1 is 1.23 bits per heavy atom. The highest BCUT2D eigenvalue weighted by Gasteiger charge is 2.17. The van der Waals surface area contributed by atoms with Crippen LogP contribution in [0.1, 0.15) is 0 Å². The zero-order valence-corrected chi connectivity index (χ0v) is 17.9. The van der Waals surface area contributed by atoms with Crippen molar-refractivity contribution in [1.82, 2.24) is 25.2 Å². The van der Waals surface area contributed by atoms with Gasteiger partial charge in [-0.25, -0.2) is 4.98 Å². The van der Waals surface area contributed by atoms with E-state index in [1.165, 1.54) is 23.1 Å². The number of carbonyl (C=O) groups excluding carboxylic acids is 1. The first-order valence-electron chi connectivity index (χ1n) is 9.25. The molecule has 0 atom stereocenters. The molecule has 5 rings (SSSR count). The van der Waals surface area contributed by atoms with E-state index in [1.807, 2.05) is 36.4 Å². The average Bonchev–Trinajstić information content (AvgIpc) is 3.43. The van der Waals surface area contributed by atoms with Gasteiger partial charge >= 0.3 is 0 Å². The molecule has 0 aliphatic carbocycles. The molecule has 3 heterocycles. The van der Waals surface area contributed by atoms with Crippen molar-refractivity contribution in [3.8, 4) is 22.9 Å². The third kappa shape index (κ3) is 4.11. The van der Waals surface area contributed by atoms with Gasteiger partial charge in [-0.05, 0) is 40.8 Å². The number of fused-ring (bicyclic) bond motifs is 2. The zero-order valence-electron chi connectivity index (χ0n) is 16.3. The minimum atomic E-state index is -0.201. The standard InChI is InChI=1S/C19H16N6O4S2/c1-27-12-3-4-13-16(9-12)31-18(20-13)21-17(26)10-30-19-22-23-24-25(19)11-2-5-14-15(8-11)29-7-6-28-14/h2-5,8-9H,6-7,10H2,1H3,(H,20,21,26). The monoisotopic (exact) mass is 456 g/mol. The Morgan fingerprint density at radius 3 is 2.97 bits per heavy atom. The number of nitrogens with one attached hydrogen (secondary N) is 1. The number of tetrazole rings is 1. The maximum absolute atomic E-state index is 12.4. The first-order valence-corrected chi connectivity index (χ1v) is 11.1. The van der Waals surface area contributed by atoms with Crippen LogP contribution in [0.5, 0.6) is 17.2 Å². The number of benzene rings is 2. The number of carbonyl (C=O) groups is 1. The molecule has 4 aromatic rings. The number of rotatable bonds is 6. The molecule has 0 radical (unpaired) electrons. The number of thioether (sulfide) groups is 1. The van der Waals surface area contributed by atoms with E-state index in [2.05, 4.69) is 25.8 Å². The van der Waals surface area contributed by atoms with Crippen molar-refractivity contribution >= 4 is 44.4 Å². The quantitative estimate of drug-likeness (QED) is 0.438. The summed E-state index contributed by atoms with van der Waals surface area (Å²) in [6, 6.07) is 11.0. The van der Waals surface area contributed by atoms with Gasteiger partial charge in [-0.15, -0.1) is 5.10 Å². The summed E-state index contributed by atoms with van der Waals surface area (Å²) in [6.07, 6.45) is 0. The second-order valence-electron chi connectivity index (χ2n) is 6.39. The Kier molecular flexibility index (Phi) is 5.30. The van der Waals surface area contributed by atoms with Crippen molar-refractivity contribution in [2.24, 2.45) is 0 Å². The van der Waals surface area contributed by atoms with Crippen LogP contribution < -0.4 is 19.5 Å². The molecule has 158 valence electrons. The number of methoxy groups -OCH3 is 1. The molecular formula is C19H16N6O4S2. The van der Waals surface area contributed by atoms with Gasteiger partial charge in [-0.3, -0.25) is 4.79 Å². The fourth-order valence-corrected chi connectivity index (χ4v) is 4.57. The van der Waals surface area contributed by atoms with Crippen LogP contribution >= 0.6 is 23.1 Å². The van der Waals surface area contributed by atoms with Crippen LogP contribution in [0.3, 0.4) is 0 Å². The van der Waals surface area contributed by atoms with Crippen molar-refractivity contribution in [1.29, 1.82) is 0 Å². The number of anilines is 1. The lowest BCUT2D eigenvalue weighted by atomic mass is 10.2. The highest BCUT2D eigenvalue weighted by molar-refractivity contribution is 7.99. The maximum Gasteiger partial charge on any atom is 0.236 e. The van der Waals surface area contributed by atoms with Crippen LogP contribution in [0.15, 0.2) is 41.6 Å². The first-order chi connectivity index (χ1) is 15.2. The maximum atomic E-state index is 12.4. The van der Waals surface area contributed by atoms with Crippen LogP contribution in [0.4, 0.5) is 5.13 Å². The van der Waals surface area contributed by atoms with Crippen molar-refractivity contribution in [3.05, 3.63) is 36.4 Å². The number of aromatic nitrogens is 5. The predicted octanol–water partition coefficient (Wildman–Crippen LogP) is 2.78. The Balaban J connectivity index is 1.26. The van der Waals surface area contributed by atoms with Crippen molar-refractivity contribution in [2.45, 2.75) is 5.16 Å². The summed E-state index contributed by atoms with van der Waals surface area (Å²) in [5.41, 5.74) is 1.52. The average molecular weight is 457 g/mol. The molecular weight excluding hydrogens is 440 g/mol. The second-order valence-corrected chi connectivity index (χ2v) is 8.36. The molecule has 10 nitrogen and oxygen atoms in total. The number of ether oxygens (including phenoxy) is 3. The molecule has 0 fully saturated rings. The minimum Gasteiger partial charge on any atom is -0.497 e. The lowest BCUT2D eigenvalue weighted by Crippen LogP contribution is -2.16. The molecule has 0 unspecified atom stereocenters. The molecule has 31 heavy (non-hydrogen) atoms. The molecule has 0 saturated heterocycles. The van der Waals surface area contributed by atoms with Gasteiger partial charge in [-0.2, -0.15) is 4.68 Å². The number of thiazole rings is 1. The van der Waals surface area contributed by atoms with Gasteiger partial charge in [-0.1, -0.05) is 23.1 Å². The number of hydrogen-bond donors (Lipinski definition) is 1. The van der Waals surface area contributed by atoms with E-state index in [9.17, 15) is 4.79 Å². The molecule has 12 heteroatoms. The largest absolute Gasteiger partial charge is 0.497 e. The van der Waals surface area contributed by atoms with Gasteiger partial charge in [0.05, 0.1) is 28.8 Å². The molecule has 1 aliphatic rings. The van der Waals surface area contributed by atoms with Crippen LogP contribution in [0.25, 0.3) is 15.9 Å². The molecule has 2 aromatic carbocycles. The molecule has 1 aliphatic heterocycles. The van der Waals surface area contributed by atoms with Crippen molar-refractivity contribution in [3.63, 3.8) is 0 Å². The molecule has 1 amide bonds. The summed E-state index contributed by atoms with van der Waals surface area (Å²) >= 11 is 2.61. The van der Waals surface area contributed by atoms with E-state index < -0.39 is 0 Å². The summed E-state index contributed by atoms with van der Waals surface area (Å²) in [5.74, 6) is 2.00. The van der Waals surface area contributed by atoms with Crippen molar-refractivity contribution in [2.75, 3.05) is 31.4 Å². The summed E-state index contributed by atoms with van der Waals surface area (Å²) in [6.45, 7) is 1.02. The Morgan fingerprint density at radius 2 is 2.10 bits per heavy atom. The summed E-state index contributed by atoms with van der Waals surface area (Å²) in [7, 11) is 1.61. The first kappa shape index (κ1) is 19.6. The number of nitrogens with zero attached hydrogens (tertiary/aromatic N) is 5. The molecule has 0 spiro atoms. The SMILES string of the molecule is COc1ccc2nc(NC(=O)CSc3nnnn3-c3ccc4c(c3)OCCO4)sc2c1. The summed E-state index contributed by atoms with van der Waals surface area (Å²) in [4.78, 5) is 16.9. The molecule has 1 N–H and O–H groups in total. The summed E-state index contributed by atoms with van der Waals surface area (Å²) < 4.78 is 18.9. The topological polar surface area (TPSA) is 113 Å². The predicted molar refractivity (Wildman–Crippen MR) is 116 cm³/mol. The van der Waals surface area contributed by atoms with Crippen LogP contribution in [-0.2, 0) is 4.79 Å². The number of hydrogen-bond acceptors (Lipinski definition) is 10. The highest BCUT2D eigenvalue weighted by Crippen LogP contribution is 2.33. The van der Waals surface area contributed by atoms with E-state index >= 15 is 0 Å². The minimum absolute atomic E-state index is 0.129. The Labute approximate surface area is 184 Å². The highest BCUT2D eigenvalue weighted by atomic mass is 32.2. The van der Waals surface area contributed by atoms with Crippen LogP contribution in [-0.4, -0.2) is 57.2 Å².